The lowest BCUT2D eigenvalue weighted by Gasteiger charge is -2.19. The van der Waals surface area contributed by atoms with Crippen LogP contribution >= 0.6 is 0 Å². The number of ether oxygens (including phenoxy) is 4. The Bertz CT molecular complexity index is 726. The molecular formula is C18H20O7. The molecule has 7 heteroatoms. The van der Waals surface area contributed by atoms with Gasteiger partial charge in [0.25, 0.3) is 0 Å². The minimum Gasteiger partial charge on any atom is -0.507 e. The van der Waals surface area contributed by atoms with Gasteiger partial charge in [-0.3, -0.25) is 4.79 Å². The lowest BCUT2D eigenvalue weighted by Crippen LogP contribution is -2.31. The van der Waals surface area contributed by atoms with Gasteiger partial charge in [-0.05, 0) is 31.2 Å². The molecular weight excluding hydrogens is 328 g/mol. The molecule has 0 amide bonds. The van der Waals surface area contributed by atoms with E-state index in [0.29, 0.717) is 22.8 Å². The quantitative estimate of drug-likeness (QED) is 0.378. The van der Waals surface area contributed by atoms with Gasteiger partial charge in [0.15, 0.2) is 17.3 Å². The number of carbonyl (C=O) groups is 2. The fourth-order valence-electron chi connectivity index (χ4n) is 2.52. The van der Waals surface area contributed by atoms with E-state index in [9.17, 15) is 14.7 Å². The largest absolute Gasteiger partial charge is 0.507 e. The molecule has 7 nitrogen and oxygen atoms in total. The molecule has 1 aromatic rings. The van der Waals surface area contributed by atoms with Crippen LogP contribution in [0.25, 0.3) is 6.08 Å². The van der Waals surface area contributed by atoms with Crippen LogP contribution in [0.3, 0.4) is 0 Å². The Morgan fingerprint density at radius 3 is 2.40 bits per heavy atom. The van der Waals surface area contributed by atoms with Gasteiger partial charge in [-0.25, -0.2) is 4.79 Å². The maximum absolute atomic E-state index is 12.0. The number of rotatable bonds is 5. The van der Waals surface area contributed by atoms with Crippen molar-refractivity contribution in [1.29, 1.82) is 0 Å². The molecule has 1 saturated heterocycles. The van der Waals surface area contributed by atoms with Crippen LogP contribution in [0.2, 0.25) is 0 Å². The molecule has 0 spiro atoms. The van der Waals surface area contributed by atoms with E-state index >= 15 is 0 Å². The summed E-state index contributed by atoms with van der Waals surface area (Å²) in [6.45, 7) is 1.62. The van der Waals surface area contributed by atoms with Crippen LogP contribution in [0.15, 0.2) is 29.5 Å². The van der Waals surface area contributed by atoms with Gasteiger partial charge in [-0.2, -0.15) is 0 Å². The molecule has 0 aromatic heterocycles. The summed E-state index contributed by atoms with van der Waals surface area (Å²) in [5.41, 5.74) is 0.214. The zero-order chi connectivity index (χ0) is 18.6. The first-order valence-electron chi connectivity index (χ1n) is 7.57. The van der Waals surface area contributed by atoms with Crippen molar-refractivity contribution in [3.8, 4) is 17.2 Å². The highest BCUT2D eigenvalue weighted by Gasteiger charge is 2.32. The minimum absolute atomic E-state index is 0.0403. The van der Waals surface area contributed by atoms with Crippen LogP contribution in [0, 0.1) is 0 Å². The van der Waals surface area contributed by atoms with E-state index in [1.54, 1.807) is 19.1 Å². The number of esters is 1. The topological polar surface area (TPSA) is 91.3 Å². The average Bonchev–Trinajstić information content (AvgIpc) is 2.57. The van der Waals surface area contributed by atoms with Gasteiger partial charge in [0.2, 0.25) is 5.75 Å². The zero-order valence-electron chi connectivity index (χ0n) is 14.5. The van der Waals surface area contributed by atoms with Crippen LogP contribution in [-0.4, -0.2) is 44.3 Å². The van der Waals surface area contributed by atoms with Gasteiger partial charge < -0.3 is 24.1 Å². The molecule has 2 rings (SSSR count). The maximum Gasteiger partial charge on any atom is 0.345 e. The van der Waals surface area contributed by atoms with E-state index in [2.05, 4.69) is 0 Å². The predicted octanol–water partition coefficient (Wildman–Crippen LogP) is 2.44. The van der Waals surface area contributed by atoms with Gasteiger partial charge >= 0.3 is 5.97 Å². The van der Waals surface area contributed by atoms with E-state index < -0.39 is 23.6 Å². The summed E-state index contributed by atoms with van der Waals surface area (Å²) in [6.07, 6.45) is 2.29. The third-order valence-corrected chi connectivity index (χ3v) is 3.68. The van der Waals surface area contributed by atoms with Crippen molar-refractivity contribution < 1.29 is 33.6 Å². The van der Waals surface area contributed by atoms with E-state index in [4.69, 9.17) is 18.9 Å². The predicted molar refractivity (Wildman–Crippen MR) is 90.0 cm³/mol. The maximum atomic E-state index is 12.0. The Labute approximate surface area is 145 Å². The molecule has 0 aliphatic carbocycles. The Kier molecular flexibility index (Phi) is 5.69. The summed E-state index contributed by atoms with van der Waals surface area (Å²) in [6, 6.07) is 3.37. The first-order valence-corrected chi connectivity index (χ1v) is 7.57. The molecule has 1 aliphatic heterocycles. The Morgan fingerprint density at radius 2 is 1.84 bits per heavy atom. The summed E-state index contributed by atoms with van der Waals surface area (Å²) in [5.74, 6) is -0.475. The Hall–Kier alpha value is -2.96. The molecule has 1 atom stereocenters. The number of ketones is 1. The van der Waals surface area contributed by atoms with Crippen molar-refractivity contribution >= 4 is 17.8 Å². The summed E-state index contributed by atoms with van der Waals surface area (Å²) < 4.78 is 20.8. The Morgan fingerprint density at radius 1 is 1.16 bits per heavy atom. The SMILES string of the molecule is COc1ccc(/C=C/C(O)=C2C(=O)CC(C)OC2=O)c(OC)c1OC. The van der Waals surface area contributed by atoms with Crippen LogP contribution < -0.4 is 14.2 Å². The summed E-state index contributed by atoms with van der Waals surface area (Å²) in [5, 5.41) is 10.1. The molecule has 1 unspecified atom stereocenters. The number of cyclic esters (lactones) is 1. The molecule has 25 heavy (non-hydrogen) atoms. The molecule has 0 saturated carbocycles. The van der Waals surface area contributed by atoms with Crippen LogP contribution in [-0.2, 0) is 14.3 Å². The van der Waals surface area contributed by atoms with Gasteiger partial charge in [-0.15, -0.1) is 0 Å². The first kappa shape index (κ1) is 18.4. The van der Waals surface area contributed by atoms with Crippen molar-refractivity contribution in [3.05, 3.63) is 35.1 Å². The second-order valence-corrected chi connectivity index (χ2v) is 5.36. The second-order valence-electron chi connectivity index (χ2n) is 5.36. The average molecular weight is 348 g/mol. The summed E-state index contributed by atoms with van der Waals surface area (Å²) >= 11 is 0. The van der Waals surface area contributed by atoms with Gasteiger partial charge in [0.1, 0.15) is 17.4 Å². The Balaban J connectivity index is 2.40. The fourth-order valence-corrected chi connectivity index (χ4v) is 2.52. The highest BCUT2D eigenvalue weighted by atomic mass is 16.5. The number of carbonyl (C=O) groups excluding carboxylic acids is 2. The molecule has 134 valence electrons. The van der Waals surface area contributed by atoms with Crippen LogP contribution in [0.5, 0.6) is 17.2 Å². The lowest BCUT2D eigenvalue weighted by molar-refractivity contribution is -0.150. The van der Waals surface area contributed by atoms with Crippen molar-refractivity contribution in [3.63, 3.8) is 0 Å². The van der Waals surface area contributed by atoms with Crippen LogP contribution in [0.4, 0.5) is 0 Å². The van der Waals surface area contributed by atoms with E-state index in [0.717, 1.165) is 0 Å². The minimum atomic E-state index is -0.829. The number of aliphatic hydroxyl groups excluding tert-OH is 1. The number of Topliss-reactive ketones (excluding diaryl/α,β-unsaturated/α-hetero) is 1. The normalized spacial score (nSPS) is 19.6. The number of hydrogen-bond donors (Lipinski definition) is 1. The van der Waals surface area contributed by atoms with Crippen molar-refractivity contribution in [2.75, 3.05) is 21.3 Å². The number of allylic oxidation sites excluding steroid dienone is 1. The highest BCUT2D eigenvalue weighted by Crippen LogP contribution is 2.40. The fraction of sp³-hybridized carbons (Fsp3) is 0.333. The zero-order valence-corrected chi connectivity index (χ0v) is 14.5. The molecule has 0 bridgehead atoms. The van der Waals surface area contributed by atoms with E-state index in [-0.39, 0.29) is 12.0 Å². The van der Waals surface area contributed by atoms with Crippen LogP contribution in [0.1, 0.15) is 18.9 Å². The van der Waals surface area contributed by atoms with E-state index in [1.807, 2.05) is 0 Å². The standard InChI is InChI=1S/C18H20O7/c1-10-9-13(20)15(18(21)25-10)12(19)7-5-11-6-8-14(22-2)17(24-4)16(11)23-3/h5-8,10,19H,9H2,1-4H3/b7-5+,15-12?. The summed E-state index contributed by atoms with van der Waals surface area (Å²) in [7, 11) is 4.45. The van der Waals surface area contributed by atoms with Crippen molar-refractivity contribution in [2.24, 2.45) is 0 Å². The first-order chi connectivity index (χ1) is 11.9. The number of hydrogen-bond acceptors (Lipinski definition) is 7. The van der Waals surface area contributed by atoms with Gasteiger partial charge in [-0.1, -0.05) is 0 Å². The molecule has 0 radical (unpaired) electrons. The van der Waals surface area contributed by atoms with Crippen molar-refractivity contribution in [2.45, 2.75) is 19.4 Å². The molecule has 1 aliphatic rings. The number of benzene rings is 1. The third-order valence-electron chi connectivity index (χ3n) is 3.68. The second kappa shape index (κ2) is 7.74. The lowest BCUT2D eigenvalue weighted by atomic mass is 10.0. The monoisotopic (exact) mass is 348 g/mol. The highest BCUT2D eigenvalue weighted by molar-refractivity contribution is 6.19. The number of methoxy groups -OCH3 is 3. The van der Waals surface area contributed by atoms with E-state index in [1.165, 1.54) is 33.5 Å². The molecule has 1 aromatic carbocycles. The van der Waals surface area contributed by atoms with Crippen molar-refractivity contribution in [1.82, 2.24) is 0 Å². The molecule has 1 heterocycles. The third kappa shape index (κ3) is 3.76. The smallest absolute Gasteiger partial charge is 0.345 e. The molecule has 1 N–H and O–H groups in total. The van der Waals surface area contributed by atoms with Gasteiger partial charge in [0, 0.05) is 12.0 Å². The summed E-state index contributed by atoms with van der Waals surface area (Å²) in [4.78, 5) is 23.8. The number of aliphatic hydroxyl groups is 1. The molecule has 1 fully saturated rings. The van der Waals surface area contributed by atoms with Gasteiger partial charge in [0.05, 0.1) is 21.3 Å².